The van der Waals surface area contributed by atoms with Crippen molar-refractivity contribution in [3.63, 3.8) is 0 Å². The van der Waals surface area contributed by atoms with Gasteiger partial charge in [-0.05, 0) is 41.5 Å². The number of hydrogen-bond acceptors (Lipinski definition) is 4. The number of fused-ring (bicyclic) bond motifs is 3. The van der Waals surface area contributed by atoms with Gasteiger partial charge in [0.1, 0.15) is 11.2 Å². The average molecular weight is 486 g/mol. The topological polar surface area (TPSA) is 51.8 Å². The molecule has 0 aliphatic carbocycles. The first-order valence-electron chi connectivity index (χ1n) is 16.4. The van der Waals surface area contributed by atoms with Crippen molar-refractivity contribution in [2.24, 2.45) is 0 Å². The van der Waals surface area contributed by atoms with Crippen LogP contribution in [-0.2, 0) is 0 Å². The summed E-state index contributed by atoms with van der Waals surface area (Å²) in [5, 5.41) is 1.54. The Hall–Kier alpha value is -5.09. The molecule has 0 fully saturated rings. The quantitative estimate of drug-likeness (QED) is 0.251. The van der Waals surface area contributed by atoms with Gasteiger partial charge in [-0.25, -0.2) is 15.0 Å². The van der Waals surface area contributed by atoms with Crippen LogP contribution in [0.15, 0.2) is 132 Å². The Labute approximate surface area is 228 Å². The standard InChI is InChI=1S/C33H21N3O/c1-4-10-22(11-5-1)25-16-18-29-27(20-25)28-21-26(17-19-30(28)37-29)33-35-31(23-12-6-2-7-13-23)34-32(36-33)24-14-8-3-9-15-24/h1-21H/i2D,3D,6D,7D,8D,9D,12D,13D,14D,15D. The zero-order valence-corrected chi connectivity index (χ0v) is 19.1. The lowest BCUT2D eigenvalue weighted by Crippen LogP contribution is -2.00. The zero-order chi connectivity index (χ0) is 33.3. The predicted octanol–water partition coefficient (Wildman–Crippen LogP) is 8.44. The fourth-order valence-corrected chi connectivity index (χ4v) is 4.18. The number of furan rings is 1. The number of nitrogens with zero attached hydrogens (tertiary/aromatic N) is 3. The summed E-state index contributed by atoms with van der Waals surface area (Å²) in [5.41, 5.74) is 3.00. The van der Waals surface area contributed by atoms with E-state index in [1.165, 1.54) is 0 Å². The molecule has 0 bridgehead atoms. The molecule has 0 saturated carbocycles. The summed E-state index contributed by atoms with van der Waals surface area (Å²) < 4.78 is 88.9. The SMILES string of the molecule is [2H]c1c([2H])c([2H])c(-c2nc(-c3ccc4oc5ccc(-c6ccccc6)cc5c4c3)nc(-c3c([2H])c([2H])c([2H])c([2H])c3[2H])n2)c([2H])c1[2H]. The fraction of sp³-hybridized carbons (Fsp3) is 0. The van der Waals surface area contributed by atoms with E-state index in [0.717, 1.165) is 21.9 Å². The summed E-state index contributed by atoms with van der Waals surface area (Å²) in [7, 11) is 0. The second-order valence-electron chi connectivity index (χ2n) is 8.20. The van der Waals surface area contributed by atoms with Crippen LogP contribution in [0.4, 0.5) is 0 Å². The molecule has 0 spiro atoms. The van der Waals surface area contributed by atoms with Crippen molar-refractivity contribution >= 4 is 21.9 Å². The molecule has 0 N–H and O–H groups in total. The molecule has 174 valence electrons. The third-order valence-electron chi connectivity index (χ3n) is 5.92. The smallest absolute Gasteiger partial charge is 0.164 e. The molecule has 5 aromatic carbocycles. The molecule has 0 aliphatic heterocycles. The minimum Gasteiger partial charge on any atom is -0.456 e. The molecule has 2 aromatic heterocycles. The van der Waals surface area contributed by atoms with Crippen molar-refractivity contribution in [2.45, 2.75) is 0 Å². The molecular weight excluding hydrogens is 454 g/mol. The van der Waals surface area contributed by atoms with E-state index < -0.39 is 60.4 Å². The second-order valence-corrected chi connectivity index (χ2v) is 8.20. The number of rotatable bonds is 4. The molecule has 7 rings (SSSR count). The summed E-state index contributed by atoms with van der Waals surface area (Å²) in [4.78, 5) is 13.4. The monoisotopic (exact) mass is 485 g/mol. The van der Waals surface area contributed by atoms with Gasteiger partial charge in [-0.1, -0.05) is 96.8 Å². The van der Waals surface area contributed by atoms with E-state index in [0.29, 0.717) is 16.7 Å². The Morgan fingerprint density at radius 3 is 1.51 bits per heavy atom. The molecule has 0 amide bonds. The van der Waals surface area contributed by atoms with Crippen LogP contribution in [0.3, 0.4) is 0 Å². The molecule has 4 heteroatoms. The highest BCUT2D eigenvalue weighted by molar-refractivity contribution is 6.07. The third kappa shape index (κ3) is 3.95. The van der Waals surface area contributed by atoms with Gasteiger partial charge >= 0.3 is 0 Å². The van der Waals surface area contributed by atoms with E-state index >= 15 is 0 Å². The van der Waals surface area contributed by atoms with Crippen LogP contribution in [0.25, 0.3) is 67.2 Å². The highest BCUT2D eigenvalue weighted by Gasteiger charge is 2.15. The maximum absolute atomic E-state index is 8.53. The van der Waals surface area contributed by atoms with Gasteiger partial charge in [0.2, 0.25) is 0 Å². The number of aromatic nitrogens is 3. The lowest BCUT2D eigenvalue weighted by molar-refractivity contribution is 0.669. The Bertz CT molecular complexity index is 2280. The molecule has 0 atom stereocenters. The van der Waals surface area contributed by atoms with Gasteiger partial charge in [0.15, 0.2) is 17.5 Å². The minimum atomic E-state index is -0.604. The lowest BCUT2D eigenvalue weighted by Gasteiger charge is -2.08. The normalized spacial score (nSPS) is 15.0. The first kappa shape index (κ1) is 13.3. The Morgan fingerprint density at radius 2 is 0.946 bits per heavy atom. The van der Waals surface area contributed by atoms with Crippen LogP contribution in [-0.4, -0.2) is 15.0 Å². The molecule has 0 aliphatic rings. The van der Waals surface area contributed by atoms with Crippen molar-refractivity contribution in [1.29, 1.82) is 0 Å². The minimum absolute atomic E-state index is 0.0147. The first-order valence-corrected chi connectivity index (χ1v) is 11.4. The summed E-state index contributed by atoms with van der Waals surface area (Å²) >= 11 is 0. The van der Waals surface area contributed by atoms with Crippen LogP contribution < -0.4 is 0 Å². The molecule has 0 saturated heterocycles. The highest BCUT2D eigenvalue weighted by atomic mass is 16.3. The predicted molar refractivity (Wildman–Crippen MR) is 149 cm³/mol. The van der Waals surface area contributed by atoms with Crippen LogP contribution in [0, 0.1) is 0 Å². The third-order valence-corrected chi connectivity index (χ3v) is 5.92. The Kier molecular flexibility index (Phi) is 3.18. The molecule has 2 heterocycles. The maximum Gasteiger partial charge on any atom is 0.164 e. The van der Waals surface area contributed by atoms with Gasteiger partial charge in [-0.3, -0.25) is 0 Å². The molecule has 0 radical (unpaired) electrons. The highest BCUT2D eigenvalue weighted by Crippen LogP contribution is 2.35. The summed E-state index contributed by atoms with van der Waals surface area (Å²) in [6.45, 7) is 0. The molecule has 0 unspecified atom stereocenters. The van der Waals surface area contributed by atoms with E-state index in [4.69, 9.17) is 18.1 Å². The van der Waals surface area contributed by atoms with Crippen LogP contribution in [0.5, 0.6) is 0 Å². The van der Waals surface area contributed by atoms with Crippen molar-refractivity contribution < 1.29 is 18.1 Å². The van der Waals surface area contributed by atoms with E-state index in [2.05, 4.69) is 15.0 Å². The summed E-state index contributed by atoms with van der Waals surface area (Å²) in [6.07, 6.45) is 0. The Balaban J connectivity index is 1.51. The van der Waals surface area contributed by atoms with E-state index in [9.17, 15) is 0 Å². The average Bonchev–Trinajstić information content (AvgIpc) is 3.46. The van der Waals surface area contributed by atoms with Gasteiger partial charge < -0.3 is 4.42 Å². The Morgan fingerprint density at radius 1 is 0.459 bits per heavy atom. The molecule has 4 nitrogen and oxygen atoms in total. The fourth-order valence-electron chi connectivity index (χ4n) is 4.18. The van der Waals surface area contributed by atoms with Crippen LogP contribution in [0.2, 0.25) is 0 Å². The van der Waals surface area contributed by atoms with E-state index in [-0.39, 0.29) is 28.6 Å². The number of benzene rings is 5. The van der Waals surface area contributed by atoms with Gasteiger partial charge in [-0.15, -0.1) is 0 Å². The largest absolute Gasteiger partial charge is 0.456 e. The lowest BCUT2D eigenvalue weighted by atomic mass is 10.0. The van der Waals surface area contributed by atoms with Crippen molar-refractivity contribution in [3.05, 3.63) is 127 Å². The van der Waals surface area contributed by atoms with Crippen molar-refractivity contribution in [2.75, 3.05) is 0 Å². The van der Waals surface area contributed by atoms with Gasteiger partial charge in [0.25, 0.3) is 0 Å². The van der Waals surface area contributed by atoms with Crippen LogP contribution in [0.1, 0.15) is 13.7 Å². The maximum atomic E-state index is 8.53. The van der Waals surface area contributed by atoms with E-state index in [1.54, 1.807) is 18.2 Å². The van der Waals surface area contributed by atoms with Crippen molar-refractivity contribution in [3.8, 4) is 45.3 Å². The molecule has 37 heavy (non-hydrogen) atoms. The van der Waals surface area contributed by atoms with Gasteiger partial charge in [-0.2, -0.15) is 0 Å². The first-order chi connectivity index (χ1) is 22.5. The zero-order valence-electron chi connectivity index (χ0n) is 29.1. The van der Waals surface area contributed by atoms with Gasteiger partial charge in [0.05, 0.1) is 13.7 Å². The second kappa shape index (κ2) is 8.85. The van der Waals surface area contributed by atoms with Gasteiger partial charge in [0, 0.05) is 27.5 Å². The number of hydrogen-bond donors (Lipinski definition) is 0. The summed E-state index contributed by atoms with van der Waals surface area (Å²) in [6, 6.07) is 15.0. The van der Waals surface area contributed by atoms with Crippen LogP contribution >= 0.6 is 0 Å². The molecule has 7 aromatic rings. The molecular formula is C33H21N3O. The van der Waals surface area contributed by atoms with E-state index in [1.807, 2.05) is 48.5 Å². The van der Waals surface area contributed by atoms with Crippen molar-refractivity contribution in [1.82, 2.24) is 15.0 Å². The summed E-state index contributed by atoms with van der Waals surface area (Å²) in [5.74, 6) is -0.659.